The predicted octanol–water partition coefficient (Wildman–Crippen LogP) is 9.12. The molecule has 0 saturated heterocycles. The third kappa shape index (κ3) is 6.71. The summed E-state index contributed by atoms with van der Waals surface area (Å²) in [6.45, 7) is 0. The first-order valence-corrected chi connectivity index (χ1v) is 15.8. The number of hydrogen-bond donors (Lipinski definition) is 0. The van der Waals surface area contributed by atoms with Gasteiger partial charge in [0, 0.05) is 47.9 Å². The highest BCUT2D eigenvalue weighted by Gasteiger charge is 2.21. The standard InChI is InChI=1S/C43H37N2/c1-5-15-34(16-6-1)29-38-23-13-24-39(30-35-17-7-2-8-18-35)42(38)44-27-28-45(33-44)43-40(31-36-19-9-3-10-20-36)25-14-26-41(43)32-37-21-11-4-12-22-37/h1-28,33H,29-32H2/q+1. The number of aromatic nitrogens is 2. The molecule has 7 aromatic rings. The van der Waals surface area contributed by atoms with E-state index in [0.29, 0.717) is 0 Å². The Hall–Kier alpha value is -5.47. The van der Waals surface area contributed by atoms with Gasteiger partial charge in [0.25, 0.3) is 6.33 Å². The Labute approximate surface area is 266 Å². The van der Waals surface area contributed by atoms with Gasteiger partial charge in [0.2, 0.25) is 0 Å². The van der Waals surface area contributed by atoms with Crippen LogP contribution >= 0.6 is 0 Å². The number of rotatable bonds is 10. The van der Waals surface area contributed by atoms with Crippen LogP contribution in [0.5, 0.6) is 0 Å². The largest absolute Gasteiger partial charge is 0.254 e. The molecule has 218 valence electrons. The highest BCUT2D eigenvalue weighted by Crippen LogP contribution is 2.27. The van der Waals surface area contributed by atoms with Crippen LogP contribution in [0.3, 0.4) is 0 Å². The van der Waals surface area contributed by atoms with Crippen LogP contribution in [0.25, 0.3) is 11.4 Å². The zero-order valence-electron chi connectivity index (χ0n) is 25.5. The molecule has 45 heavy (non-hydrogen) atoms. The third-order valence-corrected chi connectivity index (χ3v) is 8.51. The van der Waals surface area contributed by atoms with Crippen LogP contribution in [0.2, 0.25) is 0 Å². The molecule has 0 amide bonds. The summed E-state index contributed by atoms with van der Waals surface area (Å²) in [5.74, 6) is 0. The second-order valence-electron chi connectivity index (χ2n) is 11.7. The van der Waals surface area contributed by atoms with E-state index < -0.39 is 0 Å². The summed E-state index contributed by atoms with van der Waals surface area (Å²) in [6, 6.07) is 56.7. The topological polar surface area (TPSA) is 8.81 Å². The fraction of sp³-hybridized carbons (Fsp3) is 0.0930. The number of benzene rings is 6. The molecule has 2 nitrogen and oxygen atoms in total. The predicted molar refractivity (Wildman–Crippen MR) is 184 cm³/mol. The molecule has 0 aliphatic rings. The summed E-state index contributed by atoms with van der Waals surface area (Å²) in [7, 11) is 0. The average Bonchev–Trinajstić information content (AvgIpc) is 3.56. The van der Waals surface area contributed by atoms with Gasteiger partial charge in [-0.1, -0.05) is 158 Å². The van der Waals surface area contributed by atoms with Crippen molar-refractivity contribution in [1.82, 2.24) is 4.57 Å². The van der Waals surface area contributed by atoms with E-state index in [1.165, 1.54) is 55.9 Å². The maximum absolute atomic E-state index is 2.34. The van der Waals surface area contributed by atoms with Crippen molar-refractivity contribution in [3.05, 3.63) is 221 Å². The lowest BCUT2D eigenvalue weighted by Crippen LogP contribution is -2.31. The Morgan fingerprint density at radius 2 is 0.733 bits per heavy atom. The van der Waals surface area contributed by atoms with Crippen molar-refractivity contribution in [2.45, 2.75) is 25.7 Å². The minimum atomic E-state index is 0.876. The summed E-state index contributed by atoms with van der Waals surface area (Å²) >= 11 is 0. The van der Waals surface area contributed by atoms with Gasteiger partial charge in [-0.05, 0) is 22.3 Å². The molecule has 2 heteroatoms. The van der Waals surface area contributed by atoms with E-state index in [9.17, 15) is 0 Å². The van der Waals surface area contributed by atoms with Gasteiger partial charge in [-0.3, -0.25) is 0 Å². The fourth-order valence-corrected chi connectivity index (χ4v) is 6.41. The van der Waals surface area contributed by atoms with Crippen molar-refractivity contribution in [3.63, 3.8) is 0 Å². The van der Waals surface area contributed by atoms with Crippen LogP contribution < -0.4 is 4.57 Å². The molecule has 1 heterocycles. The van der Waals surface area contributed by atoms with Gasteiger partial charge in [0.1, 0.15) is 23.8 Å². The molecular formula is C43H37N2+. The SMILES string of the molecule is c1ccc(Cc2cccc(Cc3ccccc3)c2-n2cc[n+](-c3c(Cc4ccccc4)cccc3Cc3ccccc3)c2)cc1. The molecule has 1 aromatic heterocycles. The molecule has 0 N–H and O–H groups in total. The molecule has 0 aliphatic carbocycles. The first-order valence-electron chi connectivity index (χ1n) is 15.8. The molecule has 0 spiro atoms. The van der Waals surface area contributed by atoms with Crippen LogP contribution in [0.1, 0.15) is 44.5 Å². The Morgan fingerprint density at radius 3 is 1.13 bits per heavy atom. The quantitative estimate of drug-likeness (QED) is 0.142. The molecule has 7 rings (SSSR count). The van der Waals surface area contributed by atoms with Gasteiger partial charge in [0.05, 0.1) is 0 Å². The van der Waals surface area contributed by atoms with Crippen LogP contribution in [-0.4, -0.2) is 4.57 Å². The zero-order valence-corrected chi connectivity index (χ0v) is 25.5. The minimum absolute atomic E-state index is 0.876. The molecule has 0 aliphatic heterocycles. The van der Waals surface area contributed by atoms with Gasteiger partial charge in [-0.2, -0.15) is 0 Å². The van der Waals surface area contributed by atoms with Gasteiger partial charge in [-0.25, -0.2) is 9.13 Å². The number of nitrogens with zero attached hydrogens (tertiary/aromatic N) is 2. The Morgan fingerprint density at radius 1 is 0.378 bits per heavy atom. The number of para-hydroxylation sites is 2. The van der Waals surface area contributed by atoms with Crippen LogP contribution in [0.15, 0.2) is 176 Å². The average molecular weight is 582 g/mol. The lowest BCUT2D eigenvalue weighted by Gasteiger charge is -2.14. The third-order valence-electron chi connectivity index (χ3n) is 8.51. The van der Waals surface area contributed by atoms with E-state index >= 15 is 0 Å². The van der Waals surface area contributed by atoms with Gasteiger partial charge in [-0.15, -0.1) is 0 Å². The highest BCUT2D eigenvalue weighted by molar-refractivity contribution is 5.52. The lowest BCUT2D eigenvalue weighted by atomic mass is 9.96. The summed E-state index contributed by atoms with van der Waals surface area (Å²) in [5.41, 5.74) is 13.0. The van der Waals surface area contributed by atoms with Gasteiger partial charge in [0.15, 0.2) is 0 Å². The second-order valence-corrected chi connectivity index (χ2v) is 11.7. The van der Waals surface area contributed by atoms with Crippen molar-refractivity contribution in [3.8, 4) is 11.4 Å². The maximum Gasteiger partial charge on any atom is 0.254 e. The highest BCUT2D eigenvalue weighted by atomic mass is 15.1. The van der Waals surface area contributed by atoms with Crippen LogP contribution in [0.4, 0.5) is 0 Å². The number of hydrogen-bond acceptors (Lipinski definition) is 0. The smallest absolute Gasteiger partial charge is 0.201 e. The van der Waals surface area contributed by atoms with E-state index in [4.69, 9.17) is 0 Å². The second kappa shape index (κ2) is 13.4. The fourth-order valence-electron chi connectivity index (χ4n) is 6.41. The van der Waals surface area contributed by atoms with Crippen molar-refractivity contribution in [2.75, 3.05) is 0 Å². The van der Waals surface area contributed by atoms with E-state index in [0.717, 1.165) is 25.7 Å². The summed E-state index contributed by atoms with van der Waals surface area (Å²) in [6.07, 6.45) is 10.2. The molecule has 0 atom stereocenters. The maximum atomic E-state index is 2.34. The first kappa shape index (κ1) is 28.3. The number of imidazole rings is 1. The van der Waals surface area contributed by atoms with Crippen molar-refractivity contribution < 1.29 is 4.57 Å². The Kier molecular flexibility index (Phi) is 8.46. The lowest BCUT2D eigenvalue weighted by molar-refractivity contribution is -0.595. The molecule has 0 bridgehead atoms. The van der Waals surface area contributed by atoms with Crippen molar-refractivity contribution in [2.24, 2.45) is 0 Å². The summed E-state index contributed by atoms with van der Waals surface area (Å²) < 4.78 is 4.67. The van der Waals surface area contributed by atoms with Crippen molar-refractivity contribution >= 4 is 0 Å². The van der Waals surface area contributed by atoms with Crippen LogP contribution in [-0.2, 0) is 25.7 Å². The van der Waals surface area contributed by atoms with E-state index in [1.807, 2.05) is 0 Å². The van der Waals surface area contributed by atoms with Gasteiger partial charge >= 0.3 is 0 Å². The molecule has 0 fully saturated rings. The Bertz CT molecular complexity index is 1710. The summed E-state index contributed by atoms with van der Waals surface area (Å²) in [4.78, 5) is 0. The van der Waals surface area contributed by atoms with Crippen molar-refractivity contribution in [1.29, 1.82) is 0 Å². The summed E-state index contributed by atoms with van der Waals surface area (Å²) in [5, 5.41) is 0. The minimum Gasteiger partial charge on any atom is -0.201 e. The van der Waals surface area contributed by atoms with E-state index in [2.05, 4.69) is 186 Å². The van der Waals surface area contributed by atoms with Gasteiger partial charge < -0.3 is 0 Å². The molecule has 0 saturated carbocycles. The monoisotopic (exact) mass is 581 g/mol. The zero-order chi connectivity index (χ0) is 30.3. The molecular weight excluding hydrogens is 544 g/mol. The molecule has 6 aromatic carbocycles. The van der Waals surface area contributed by atoms with E-state index in [1.54, 1.807) is 0 Å². The Balaban J connectivity index is 1.34. The molecule has 0 unspecified atom stereocenters. The van der Waals surface area contributed by atoms with E-state index in [-0.39, 0.29) is 0 Å². The van der Waals surface area contributed by atoms with Crippen LogP contribution in [0, 0.1) is 0 Å². The molecule has 0 radical (unpaired) electrons. The first-order chi connectivity index (χ1) is 22.3. The normalized spacial score (nSPS) is 11.0.